The number of nitrogens with one attached hydrogen (secondary N) is 2. The van der Waals surface area contributed by atoms with E-state index in [0.29, 0.717) is 34.9 Å². The molecule has 0 atom stereocenters. The van der Waals surface area contributed by atoms with Crippen LogP contribution in [0.2, 0.25) is 5.02 Å². The van der Waals surface area contributed by atoms with Crippen molar-refractivity contribution in [3.05, 3.63) is 88.9 Å². The molecule has 4 rings (SSSR count). The molecule has 0 spiro atoms. The Kier molecular flexibility index (Phi) is 6.67. The SMILES string of the molecule is O=C(Nc1ccc(S(=O)(=O)Nc2cccc(Cl)c2)cc1)c1ccc(CN2CCCC2=O)cc1. The maximum atomic E-state index is 12.6. The molecule has 0 radical (unpaired) electrons. The van der Waals surface area contributed by atoms with Crippen LogP contribution in [0.3, 0.4) is 0 Å². The third-order valence-electron chi connectivity index (χ3n) is 5.26. The lowest BCUT2D eigenvalue weighted by Crippen LogP contribution is -2.23. The van der Waals surface area contributed by atoms with Crippen LogP contribution in [0.1, 0.15) is 28.8 Å². The number of rotatable bonds is 7. The molecule has 1 aliphatic rings. The molecule has 33 heavy (non-hydrogen) atoms. The topological polar surface area (TPSA) is 95.6 Å². The molecule has 2 amide bonds. The van der Waals surface area contributed by atoms with Crippen molar-refractivity contribution >= 4 is 44.8 Å². The van der Waals surface area contributed by atoms with Gasteiger partial charge in [-0.3, -0.25) is 14.3 Å². The normalized spacial score (nSPS) is 13.7. The number of nitrogens with zero attached hydrogens (tertiary/aromatic N) is 1. The van der Waals surface area contributed by atoms with Crippen molar-refractivity contribution in [2.45, 2.75) is 24.3 Å². The number of sulfonamides is 1. The van der Waals surface area contributed by atoms with Gasteiger partial charge in [-0.1, -0.05) is 29.8 Å². The molecule has 0 aliphatic carbocycles. The van der Waals surface area contributed by atoms with Crippen molar-refractivity contribution in [1.29, 1.82) is 0 Å². The quantitative estimate of drug-likeness (QED) is 0.516. The van der Waals surface area contributed by atoms with Crippen LogP contribution in [-0.2, 0) is 21.4 Å². The monoisotopic (exact) mass is 483 g/mol. The molecule has 2 N–H and O–H groups in total. The number of hydrogen-bond donors (Lipinski definition) is 2. The van der Waals surface area contributed by atoms with Crippen molar-refractivity contribution in [2.75, 3.05) is 16.6 Å². The summed E-state index contributed by atoms with van der Waals surface area (Å²) in [5, 5.41) is 3.18. The smallest absolute Gasteiger partial charge is 0.261 e. The summed E-state index contributed by atoms with van der Waals surface area (Å²) in [6, 6.07) is 19.4. The first-order chi connectivity index (χ1) is 15.8. The van der Waals surface area contributed by atoms with Gasteiger partial charge in [-0.05, 0) is 66.6 Å². The van der Waals surface area contributed by atoms with Gasteiger partial charge in [0.1, 0.15) is 0 Å². The molecule has 1 saturated heterocycles. The molecule has 3 aromatic rings. The highest BCUT2D eigenvalue weighted by Crippen LogP contribution is 2.21. The van der Waals surface area contributed by atoms with Gasteiger partial charge in [0.05, 0.1) is 10.6 Å². The Morgan fingerprint density at radius 2 is 1.70 bits per heavy atom. The van der Waals surface area contributed by atoms with Crippen molar-refractivity contribution in [1.82, 2.24) is 4.90 Å². The zero-order valence-electron chi connectivity index (χ0n) is 17.6. The van der Waals surface area contributed by atoms with E-state index in [1.165, 1.54) is 30.3 Å². The molecule has 0 bridgehead atoms. The van der Waals surface area contributed by atoms with Crippen molar-refractivity contribution in [3.8, 4) is 0 Å². The minimum absolute atomic E-state index is 0.0567. The van der Waals surface area contributed by atoms with Crippen LogP contribution in [0, 0.1) is 0 Å². The molecule has 1 heterocycles. The van der Waals surface area contributed by atoms with E-state index in [9.17, 15) is 18.0 Å². The fourth-order valence-electron chi connectivity index (χ4n) is 3.54. The summed E-state index contributed by atoms with van der Waals surface area (Å²) in [6.07, 6.45) is 1.48. The highest BCUT2D eigenvalue weighted by atomic mass is 35.5. The largest absolute Gasteiger partial charge is 0.338 e. The van der Waals surface area contributed by atoms with Gasteiger partial charge in [-0.2, -0.15) is 0 Å². The predicted molar refractivity (Wildman–Crippen MR) is 128 cm³/mol. The van der Waals surface area contributed by atoms with Crippen molar-refractivity contribution in [2.24, 2.45) is 0 Å². The molecule has 9 heteroatoms. The summed E-state index contributed by atoms with van der Waals surface area (Å²) in [6.45, 7) is 1.31. The van der Waals surface area contributed by atoms with E-state index in [1.807, 2.05) is 17.0 Å². The number of carbonyl (C=O) groups excluding carboxylic acids is 2. The standard InChI is InChI=1S/C24H22ClN3O4S/c25-19-3-1-4-21(15-19)27-33(31,32)22-12-10-20(11-13-22)26-24(30)18-8-6-17(7-9-18)16-28-14-2-5-23(28)29/h1,3-4,6-13,15,27H,2,5,14,16H2,(H,26,30). The van der Waals surface area contributed by atoms with Crippen LogP contribution in [0.4, 0.5) is 11.4 Å². The van der Waals surface area contributed by atoms with E-state index in [2.05, 4.69) is 10.0 Å². The van der Waals surface area contributed by atoms with E-state index in [-0.39, 0.29) is 16.7 Å². The van der Waals surface area contributed by atoms with E-state index < -0.39 is 10.0 Å². The molecular weight excluding hydrogens is 462 g/mol. The number of amides is 2. The third kappa shape index (κ3) is 5.71. The third-order valence-corrected chi connectivity index (χ3v) is 6.89. The summed E-state index contributed by atoms with van der Waals surface area (Å²) < 4.78 is 27.6. The van der Waals surface area contributed by atoms with Crippen LogP contribution in [-0.4, -0.2) is 31.7 Å². The van der Waals surface area contributed by atoms with Gasteiger partial charge in [-0.25, -0.2) is 8.42 Å². The zero-order chi connectivity index (χ0) is 23.4. The molecule has 0 aromatic heterocycles. The predicted octanol–water partition coefficient (Wildman–Crippen LogP) is 4.52. The number of anilines is 2. The fourth-order valence-corrected chi connectivity index (χ4v) is 4.78. The van der Waals surface area contributed by atoms with E-state index in [4.69, 9.17) is 11.6 Å². The van der Waals surface area contributed by atoms with Crippen LogP contribution in [0.25, 0.3) is 0 Å². The summed E-state index contributed by atoms with van der Waals surface area (Å²) in [4.78, 5) is 26.2. The van der Waals surface area contributed by atoms with Crippen LogP contribution in [0.5, 0.6) is 0 Å². The van der Waals surface area contributed by atoms with Gasteiger partial charge < -0.3 is 10.2 Å². The van der Waals surface area contributed by atoms with E-state index in [1.54, 1.807) is 30.3 Å². The van der Waals surface area contributed by atoms with E-state index >= 15 is 0 Å². The van der Waals surface area contributed by atoms with Crippen molar-refractivity contribution < 1.29 is 18.0 Å². The summed E-state index contributed by atoms with van der Waals surface area (Å²) >= 11 is 5.90. The minimum Gasteiger partial charge on any atom is -0.338 e. The number of likely N-dealkylation sites (tertiary alicyclic amines) is 1. The zero-order valence-corrected chi connectivity index (χ0v) is 19.2. The number of benzene rings is 3. The average Bonchev–Trinajstić information content (AvgIpc) is 3.18. The van der Waals surface area contributed by atoms with Crippen molar-refractivity contribution in [3.63, 3.8) is 0 Å². The van der Waals surface area contributed by atoms with Crippen LogP contribution >= 0.6 is 11.6 Å². The number of carbonyl (C=O) groups is 2. The average molecular weight is 484 g/mol. The molecule has 0 unspecified atom stereocenters. The highest BCUT2D eigenvalue weighted by molar-refractivity contribution is 7.92. The van der Waals surface area contributed by atoms with Gasteiger partial charge in [0.2, 0.25) is 5.91 Å². The lowest BCUT2D eigenvalue weighted by molar-refractivity contribution is -0.128. The Balaban J connectivity index is 1.38. The van der Waals surface area contributed by atoms with Crippen LogP contribution < -0.4 is 10.0 Å². The Bertz CT molecular complexity index is 1280. The summed E-state index contributed by atoms with van der Waals surface area (Å²) in [7, 11) is -3.80. The Labute approximate surface area is 197 Å². The van der Waals surface area contributed by atoms with Gasteiger partial charge >= 0.3 is 0 Å². The number of halogens is 1. The Morgan fingerprint density at radius 1 is 0.970 bits per heavy atom. The van der Waals surface area contributed by atoms with Gasteiger partial charge in [0, 0.05) is 35.8 Å². The number of hydrogen-bond acceptors (Lipinski definition) is 4. The molecule has 3 aromatic carbocycles. The first kappa shape index (κ1) is 22.8. The summed E-state index contributed by atoms with van der Waals surface area (Å²) in [5.74, 6) is -0.156. The maximum Gasteiger partial charge on any atom is 0.261 e. The van der Waals surface area contributed by atoms with Gasteiger partial charge in [-0.15, -0.1) is 0 Å². The van der Waals surface area contributed by atoms with E-state index in [0.717, 1.165) is 18.5 Å². The molecule has 170 valence electrons. The molecule has 1 aliphatic heterocycles. The first-order valence-electron chi connectivity index (χ1n) is 10.4. The summed E-state index contributed by atoms with van der Waals surface area (Å²) in [5.41, 5.74) is 2.25. The maximum absolute atomic E-state index is 12.6. The highest BCUT2D eigenvalue weighted by Gasteiger charge is 2.20. The first-order valence-corrected chi connectivity index (χ1v) is 12.2. The minimum atomic E-state index is -3.80. The second-order valence-corrected chi connectivity index (χ2v) is 9.83. The molecule has 7 nitrogen and oxygen atoms in total. The fraction of sp³-hybridized carbons (Fsp3) is 0.167. The molecule has 1 fully saturated rings. The Morgan fingerprint density at radius 3 is 2.33 bits per heavy atom. The lowest BCUT2D eigenvalue weighted by Gasteiger charge is -2.15. The van der Waals surface area contributed by atoms with Crippen LogP contribution in [0.15, 0.2) is 77.7 Å². The molecule has 0 saturated carbocycles. The molecular formula is C24H22ClN3O4S. The second kappa shape index (κ2) is 9.64. The van der Waals surface area contributed by atoms with Gasteiger partial charge in [0.25, 0.3) is 15.9 Å². The Hall–Kier alpha value is -3.36. The lowest BCUT2D eigenvalue weighted by atomic mass is 10.1. The van der Waals surface area contributed by atoms with Gasteiger partial charge in [0.15, 0.2) is 0 Å². The second-order valence-electron chi connectivity index (χ2n) is 7.71.